The lowest BCUT2D eigenvalue weighted by atomic mass is 9.78. The lowest BCUT2D eigenvalue weighted by Crippen LogP contribution is -2.56. The molecule has 2 aliphatic heterocycles. The molecule has 0 bridgehead atoms. The normalized spacial score (nSPS) is 38.0. The Bertz CT molecular complexity index is 412. The van der Waals surface area contributed by atoms with E-state index < -0.39 is 0 Å². The average Bonchev–Trinajstić information content (AvgIpc) is 2.82. The van der Waals surface area contributed by atoms with Crippen LogP contribution in [0.5, 0.6) is 0 Å². The molecule has 20 heavy (non-hydrogen) atoms. The van der Waals surface area contributed by atoms with Crippen molar-refractivity contribution in [1.82, 2.24) is 9.80 Å². The number of piperazine rings is 1. The summed E-state index contributed by atoms with van der Waals surface area (Å²) in [6.45, 7) is 4.30. The third kappa shape index (κ3) is 2.43. The highest BCUT2D eigenvalue weighted by Gasteiger charge is 2.40. The van der Waals surface area contributed by atoms with Gasteiger partial charge in [-0.05, 0) is 31.6 Å². The second-order valence-electron chi connectivity index (χ2n) is 6.75. The van der Waals surface area contributed by atoms with Gasteiger partial charge in [0.2, 0.25) is 11.8 Å². The molecule has 5 heteroatoms. The summed E-state index contributed by atoms with van der Waals surface area (Å²) in [6.07, 6.45) is 4.56. The largest absolute Gasteiger partial charge is 0.339 e. The third-order valence-corrected chi connectivity index (χ3v) is 5.29. The predicted octanol–water partition coefficient (Wildman–Crippen LogP) is 0.583. The van der Waals surface area contributed by atoms with E-state index in [1.165, 1.54) is 0 Å². The van der Waals surface area contributed by atoms with Crippen molar-refractivity contribution in [3.05, 3.63) is 0 Å². The Kier molecular flexibility index (Phi) is 3.71. The summed E-state index contributed by atoms with van der Waals surface area (Å²) in [6, 6.07) is 0.263. The average molecular weight is 279 g/mol. The molecule has 112 valence electrons. The molecule has 2 amide bonds. The Morgan fingerprint density at radius 2 is 2.05 bits per heavy atom. The molecule has 5 nitrogen and oxygen atoms in total. The van der Waals surface area contributed by atoms with Gasteiger partial charge in [-0.3, -0.25) is 9.59 Å². The minimum atomic E-state index is -0.0117. The highest BCUT2D eigenvalue weighted by atomic mass is 16.2. The van der Waals surface area contributed by atoms with Gasteiger partial charge in [-0.15, -0.1) is 0 Å². The van der Waals surface area contributed by atoms with Crippen LogP contribution >= 0.6 is 0 Å². The first kappa shape index (κ1) is 13.9. The predicted molar refractivity (Wildman–Crippen MR) is 75.8 cm³/mol. The molecule has 4 atom stereocenters. The molecule has 2 heterocycles. The molecule has 4 unspecified atom stereocenters. The van der Waals surface area contributed by atoms with Crippen molar-refractivity contribution in [2.24, 2.45) is 17.6 Å². The Morgan fingerprint density at radius 1 is 1.25 bits per heavy atom. The van der Waals surface area contributed by atoms with Crippen molar-refractivity contribution in [2.45, 2.75) is 51.1 Å². The topological polar surface area (TPSA) is 66.6 Å². The quantitative estimate of drug-likeness (QED) is 0.763. The molecule has 0 radical (unpaired) electrons. The van der Waals surface area contributed by atoms with E-state index in [1.54, 1.807) is 0 Å². The van der Waals surface area contributed by atoms with E-state index in [2.05, 4.69) is 6.92 Å². The maximum atomic E-state index is 12.7. The Morgan fingerprint density at radius 3 is 2.85 bits per heavy atom. The molecule has 2 N–H and O–H groups in total. The SMILES string of the molecule is CC1CCC(N)C(C(=O)N2CCN3C(=O)CCC3C2)C1. The first-order valence-electron chi connectivity index (χ1n) is 7.90. The molecule has 0 aromatic rings. The van der Waals surface area contributed by atoms with Crippen LogP contribution in [0.3, 0.4) is 0 Å². The molecule has 0 aromatic heterocycles. The van der Waals surface area contributed by atoms with E-state index in [0.29, 0.717) is 32.0 Å². The molecule has 2 saturated heterocycles. The van der Waals surface area contributed by atoms with Crippen LogP contribution in [-0.2, 0) is 9.59 Å². The molecule has 1 aliphatic carbocycles. The fourth-order valence-electron chi connectivity index (χ4n) is 3.99. The van der Waals surface area contributed by atoms with Crippen molar-refractivity contribution >= 4 is 11.8 Å². The monoisotopic (exact) mass is 279 g/mol. The minimum absolute atomic E-state index is 0.0117. The first-order valence-corrected chi connectivity index (χ1v) is 7.90. The number of nitrogens with zero attached hydrogens (tertiary/aromatic N) is 2. The summed E-state index contributed by atoms with van der Waals surface area (Å²) in [7, 11) is 0. The van der Waals surface area contributed by atoms with Gasteiger partial charge in [0.15, 0.2) is 0 Å². The first-order chi connectivity index (χ1) is 9.56. The van der Waals surface area contributed by atoms with Gasteiger partial charge in [0.1, 0.15) is 0 Å². The zero-order valence-corrected chi connectivity index (χ0v) is 12.3. The molecular formula is C15H25N3O2. The summed E-state index contributed by atoms with van der Waals surface area (Å²) < 4.78 is 0. The van der Waals surface area contributed by atoms with Crippen LogP contribution in [0.1, 0.15) is 39.0 Å². The molecule has 0 aromatic carbocycles. The van der Waals surface area contributed by atoms with Gasteiger partial charge in [0, 0.05) is 38.1 Å². The van der Waals surface area contributed by atoms with Crippen LogP contribution in [-0.4, -0.2) is 53.3 Å². The zero-order chi connectivity index (χ0) is 14.3. The highest BCUT2D eigenvalue weighted by Crippen LogP contribution is 2.31. The summed E-state index contributed by atoms with van der Waals surface area (Å²) >= 11 is 0. The second-order valence-corrected chi connectivity index (χ2v) is 6.75. The van der Waals surface area contributed by atoms with E-state index in [9.17, 15) is 9.59 Å². The van der Waals surface area contributed by atoms with Crippen LogP contribution in [0.4, 0.5) is 0 Å². The fourth-order valence-corrected chi connectivity index (χ4v) is 3.99. The van der Waals surface area contributed by atoms with Gasteiger partial charge in [-0.1, -0.05) is 6.92 Å². The number of hydrogen-bond donors (Lipinski definition) is 1. The van der Waals surface area contributed by atoms with E-state index in [4.69, 9.17) is 5.73 Å². The number of hydrogen-bond acceptors (Lipinski definition) is 3. The maximum Gasteiger partial charge on any atom is 0.227 e. The maximum absolute atomic E-state index is 12.7. The van der Waals surface area contributed by atoms with E-state index in [1.807, 2.05) is 9.80 Å². The van der Waals surface area contributed by atoms with E-state index in [0.717, 1.165) is 25.7 Å². The molecule has 3 rings (SSSR count). The van der Waals surface area contributed by atoms with Crippen LogP contribution in [0.2, 0.25) is 0 Å². The van der Waals surface area contributed by atoms with Crippen LogP contribution in [0.15, 0.2) is 0 Å². The number of carbonyl (C=O) groups is 2. The number of nitrogens with two attached hydrogens (primary N) is 1. The Hall–Kier alpha value is -1.10. The van der Waals surface area contributed by atoms with Crippen molar-refractivity contribution in [2.75, 3.05) is 19.6 Å². The van der Waals surface area contributed by atoms with Crippen LogP contribution in [0, 0.1) is 11.8 Å². The summed E-state index contributed by atoms with van der Waals surface area (Å²) in [5.41, 5.74) is 6.17. The number of rotatable bonds is 1. The molecule has 3 aliphatic rings. The van der Waals surface area contributed by atoms with Gasteiger partial charge >= 0.3 is 0 Å². The zero-order valence-electron chi connectivity index (χ0n) is 12.3. The summed E-state index contributed by atoms with van der Waals surface area (Å²) in [5, 5.41) is 0. The smallest absolute Gasteiger partial charge is 0.227 e. The van der Waals surface area contributed by atoms with Crippen LogP contribution in [0.25, 0.3) is 0 Å². The van der Waals surface area contributed by atoms with E-state index >= 15 is 0 Å². The van der Waals surface area contributed by atoms with Crippen molar-refractivity contribution in [1.29, 1.82) is 0 Å². The number of fused-ring (bicyclic) bond motifs is 1. The van der Waals surface area contributed by atoms with Gasteiger partial charge in [-0.25, -0.2) is 0 Å². The molecular weight excluding hydrogens is 254 g/mol. The van der Waals surface area contributed by atoms with Crippen molar-refractivity contribution < 1.29 is 9.59 Å². The van der Waals surface area contributed by atoms with Crippen LogP contribution < -0.4 is 5.73 Å². The summed E-state index contributed by atoms with van der Waals surface area (Å²) in [4.78, 5) is 28.3. The molecule has 1 saturated carbocycles. The minimum Gasteiger partial charge on any atom is -0.339 e. The Balaban J connectivity index is 1.64. The summed E-state index contributed by atoms with van der Waals surface area (Å²) in [5.74, 6) is 1.06. The van der Waals surface area contributed by atoms with Crippen molar-refractivity contribution in [3.8, 4) is 0 Å². The number of amides is 2. The number of carbonyl (C=O) groups excluding carboxylic acids is 2. The Labute approximate surface area is 120 Å². The molecule has 0 spiro atoms. The lowest BCUT2D eigenvalue weighted by Gasteiger charge is -2.41. The second kappa shape index (κ2) is 5.35. The standard InChI is InChI=1S/C15H25N3O2/c1-10-2-4-13(16)12(8-10)15(20)17-6-7-18-11(9-17)3-5-14(18)19/h10-13H,2-9,16H2,1H3. The van der Waals surface area contributed by atoms with Gasteiger partial charge in [-0.2, -0.15) is 0 Å². The van der Waals surface area contributed by atoms with Gasteiger partial charge in [0.05, 0.1) is 5.92 Å². The lowest BCUT2D eigenvalue weighted by molar-refractivity contribution is -0.143. The fraction of sp³-hybridized carbons (Fsp3) is 0.867. The van der Waals surface area contributed by atoms with Crippen molar-refractivity contribution in [3.63, 3.8) is 0 Å². The van der Waals surface area contributed by atoms with Gasteiger partial charge < -0.3 is 15.5 Å². The highest BCUT2D eigenvalue weighted by molar-refractivity contribution is 5.82. The molecule has 3 fully saturated rings. The third-order valence-electron chi connectivity index (χ3n) is 5.29. The van der Waals surface area contributed by atoms with Gasteiger partial charge in [0.25, 0.3) is 0 Å². The van der Waals surface area contributed by atoms with E-state index in [-0.39, 0.29) is 29.8 Å².